The lowest BCUT2D eigenvalue weighted by Gasteiger charge is -2.06. The minimum absolute atomic E-state index is 0.0456. The predicted molar refractivity (Wildman–Crippen MR) is 87.9 cm³/mol. The molecule has 3 heteroatoms. The van der Waals surface area contributed by atoms with Gasteiger partial charge in [0.25, 0.3) is 0 Å². The van der Waals surface area contributed by atoms with Crippen molar-refractivity contribution >= 4 is 39.6 Å². The molecule has 0 aliphatic heterocycles. The van der Waals surface area contributed by atoms with Crippen LogP contribution < -0.4 is 5.32 Å². The number of ketones is 1. The summed E-state index contributed by atoms with van der Waals surface area (Å²) in [7, 11) is 0. The molecule has 0 saturated heterocycles. The first-order valence-corrected chi connectivity index (χ1v) is 7.03. The number of hydrogen-bond donors (Lipinski definition) is 1. The maximum absolute atomic E-state index is 11.7. The van der Waals surface area contributed by atoms with Crippen molar-refractivity contribution in [3.8, 4) is 0 Å². The minimum Gasteiger partial charge on any atom is -0.361 e. The Morgan fingerprint density at radius 1 is 1.05 bits per heavy atom. The lowest BCUT2D eigenvalue weighted by Crippen LogP contribution is -1.99. The van der Waals surface area contributed by atoms with Crippen molar-refractivity contribution in [3.63, 3.8) is 0 Å². The Labute approximate surface area is 126 Å². The molecule has 0 atom stereocenters. The third kappa shape index (κ3) is 3.92. The third-order valence-electron chi connectivity index (χ3n) is 2.69. The van der Waals surface area contributed by atoms with Crippen molar-refractivity contribution < 1.29 is 4.79 Å². The molecule has 0 aliphatic carbocycles. The van der Waals surface area contributed by atoms with Gasteiger partial charge in [0.05, 0.1) is 0 Å². The second-order valence-electron chi connectivity index (χ2n) is 4.13. The van der Waals surface area contributed by atoms with Gasteiger partial charge in [-0.1, -0.05) is 30.3 Å². The molecule has 0 amide bonds. The highest BCUT2D eigenvalue weighted by molar-refractivity contribution is 14.1. The monoisotopic (exact) mass is 363 g/mol. The fraction of sp³-hybridized carbons (Fsp3) is 0.0625. The SMILES string of the molecule is CC(=O)/C(=C\Nc1ccc(I)cc1)c1ccccc1. The highest BCUT2D eigenvalue weighted by atomic mass is 127. The first-order valence-electron chi connectivity index (χ1n) is 5.95. The van der Waals surface area contributed by atoms with Crippen LogP contribution in [0, 0.1) is 3.57 Å². The summed E-state index contributed by atoms with van der Waals surface area (Å²) in [5.41, 5.74) is 2.57. The number of halogens is 1. The molecule has 19 heavy (non-hydrogen) atoms. The van der Waals surface area contributed by atoms with E-state index in [2.05, 4.69) is 27.9 Å². The number of anilines is 1. The van der Waals surface area contributed by atoms with Crippen molar-refractivity contribution in [2.75, 3.05) is 5.32 Å². The molecule has 96 valence electrons. The van der Waals surface area contributed by atoms with Crippen LogP contribution in [-0.4, -0.2) is 5.78 Å². The summed E-state index contributed by atoms with van der Waals surface area (Å²) in [6.45, 7) is 1.58. The Kier molecular flexibility index (Phi) is 4.74. The van der Waals surface area contributed by atoms with Crippen LogP contribution in [0.3, 0.4) is 0 Å². The van der Waals surface area contributed by atoms with Gasteiger partial charge in [0.15, 0.2) is 5.78 Å². The van der Waals surface area contributed by atoms with Crippen LogP contribution in [0.1, 0.15) is 12.5 Å². The quantitative estimate of drug-likeness (QED) is 0.647. The molecule has 0 aromatic heterocycles. The number of benzene rings is 2. The zero-order valence-corrected chi connectivity index (χ0v) is 12.7. The van der Waals surface area contributed by atoms with E-state index >= 15 is 0 Å². The Morgan fingerprint density at radius 2 is 1.68 bits per heavy atom. The summed E-state index contributed by atoms with van der Waals surface area (Å²) in [6, 6.07) is 17.7. The van der Waals surface area contributed by atoms with Crippen molar-refractivity contribution in [2.24, 2.45) is 0 Å². The topological polar surface area (TPSA) is 29.1 Å². The number of rotatable bonds is 4. The molecule has 0 fully saturated rings. The van der Waals surface area contributed by atoms with Gasteiger partial charge in [-0.05, 0) is 59.3 Å². The van der Waals surface area contributed by atoms with Crippen LogP contribution in [0.15, 0.2) is 60.8 Å². The van der Waals surface area contributed by atoms with Gasteiger partial charge in [0.1, 0.15) is 0 Å². The summed E-state index contributed by atoms with van der Waals surface area (Å²) >= 11 is 2.26. The van der Waals surface area contributed by atoms with Gasteiger partial charge in [0.2, 0.25) is 0 Å². The molecule has 0 saturated carbocycles. The largest absolute Gasteiger partial charge is 0.361 e. The number of hydrogen-bond acceptors (Lipinski definition) is 2. The fourth-order valence-corrected chi connectivity index (χ4v) is 2.07. The summed E-state index contributed by atoms with van der Waals surface area (Å²) in [6.07, 6.45) is 1.76. The summed E-state index contributed by atoms with van der Waals surface area (Å²) in [5, 5.41) is 3.17. The van der Waals surface area contributed by atoms with E-state index in [0.717, 1.165) is 11.3 Å². The molecule has 2 aromatic rings. The van der Waals surface area contributed by atoms with E-state index in [4.69, 9.17) is 0 Å². The van der Waals surface area contributed by atoms with E-state index in [1.54, 1.807) is 13.1 Å². The fourth-order valence-electron chi connectivity index (χ4n) is 1.71. The maximum atomic E-state index is 11.7. The summed E-state index contributed by atoms with van der Waals surface area (Å²) in [5.74, 6) is 0.0456. The minimum atomic E-state index is 0.0456. The highest BCUT2D eigenvalue weighted by Gasteiger charge is 2.06. The van der Waals surface area contributed by atoms with Gasteiger partial charge in [-0.25, -0.2) is 0 Å². The number of carbonyl (C=O) groups excluding carboxylic acids is 1. The van der Waals surface area contributed by atoms with Gasteiger partial charge in [-0.3, -0.25) is 4.79 Å². The van der Waals surface area contributed by atoms with Crippen LogP contribution >= 0.6 is 22.6 Å². The second-order valence-corrected chi connectivity index (χ2v) is 5.38. The smallest absolute Gasteiger partial charge is 0.161 e. The zero-order chi connectivity index (χ0) is 13.7. The molecule has 1 N–H and O–H groups in total. The van der Waals surface area contributed by atoms with E-state index in [9.17, 15) is 4.79 Å². The van der Waals surface area contributed by atoms with Crippen molar-refractivity contribution in [1.29, 1.82) is 0 Å². The molecule has 0 aliphatic rings. The Morgan fingerprint density at radius 3 is 2.26 bits per heavy atom. The molecule has 0 radical (unpaired) electrons. The lowest BCUT2D eigenvalue weighted by molar-refractivity contribution is -0.111. The number of carbonyl (C=O) groups is 1. The molecule has 2 aromatic carbocycles. The Bertz CT molecular complexity index is 588. The standard InChI is InChI=1S/C16H14INO/c1-12(19)16(13-5-3-2-4-6-13)11-18-15-9-7-14(17)8-10-15/h2-11,18H,1H3/b16-11+. The molecule has 0 unspecified atom stereocenters. The Balaban J connectivity index is 2.23. The van der Waals surface area contributed by atoms with Gasteiger partial charge in [-0.2, -0.15) is 0 Å². The van der Waals surface area contributed by atoms with Crippen LogP contribution in [0.2, 0.25) is 0 Å². The van der Waals surface area contributed by atoms with E-state index in [1.165, 1.54) is 3.57 Å². The zero-order valence-electron chi connectivity index (χ0n) is 10.6. The van der Waals surface area contributed by atoms with E-state index in [0.29, 0.717) is 5.57 Å². The average Bonchev–Trinajstić information content (AvgIpc) is 2.42. The number of Topliss-reactive ketones (excluding diaryl/α,β-unsaturated/α-hetero) is 1. The molecular formula is C16H14INO. The first kappa shape index (κ1) is 13.8. The lowest BCUT2D eigenvalue weighted by atomic mass is 10.0. The molecule has 0 spiro atoms. The van der Waals surface area contributed by atoms with Crippen molar-refractivity contribution in [3.05, 3.63) is 69.9 Å². The molecule has 0 bridgehead atoms. The molecule has 2 rings (SSSR count). The van der Waals surface area contributed by atoms with Crippen LogP contribution in [0.25, 0.3) is 5.57 Å². The summed E-state index contributed by atoms with van der Waals surface area (Å²) in [4.78, 5) is 11.7. The number of allylic oxidation sites excluding steroid dienone is 1. The van der Waals surface area contributed by atoms with Crippen molar-refractivity contribution in [1.82, 2.24) is 0 Å². The average molecular weight is 363 g/mol. The highest BCUT2D eigenvalue weighted by Crippen LogP contribution is 2.17. The van der Waals surface area contributed by atoms with Crippen LogP contribution in [-0.2, 0) is 4.79 Å². The number of nitrogens with one attached hydrogen (secondary N) is 1. The Hall–Kier alpha value is -1.62. The van der Waals surface area contributed by atoms with Crippen molar-refractivity contribution in [2.45, 2.75) is 6.92 Å². The molecule has 0 heterocycles. The van der Waals surface area contributed by atoms with E-state index in [-0.39, 0.29) is 5.78 Å². The van der Waals surface area contributed by atoms with Crippen LogP contribution in [0.4, 0.5) is 5.69 Å². The molecular weight excluding hydrogens is 349 g/mol. The molecule has 2 nitrogen and oxygen atoms in total. The van der Waals surface area contributed by atoms with Gasteiger partial charge < -0.3 is 5.32 Å². The summed E-state index contributed by atoms with van der Waals surface area (Å²) < 4.78 is 1.18. The first-order chi connectivity index (χ1) is 9.16. The van der Waals surface area contributed by atoms with E-state index < -0.39 is 0 Å². The second kappa shape index (κ2) is 6.52. The van der Waals surface area contributed by atoms with Gasteiger partial charge in [0, 0.05) is 21.0 Å². The predicted octanol–water partition coefficient (Wildman–Crippen LogP) is 4.33. The van der Waals surface area contributed by atoms with E-state index in [1.807, 2.05) is 54.6 Å². The van der Waals surface area contributed by atoms with Crippen LogP contribution in [0.5, 0.6) is 0 Å². The maximum Gasteiger partial charge on any atom is 0.161 e. The third-order valence-corrected chi connectivity index (χ3v) is 3.41. The van der Waals surface area contributed by atoms with Gasteiger partial charge in [-0.15, -0.1) is 0 Å². The normalized spacial score (nSPS) is 11.2. The van der Waals surface area contributed by atoms with Gasteiger partial charge >= 0.3 is 0 Å².